The van der Waals surface area contributed by atoms with Crippen LogP contribution in [0.4, 0.5) is 5.69 Å². The van der Waals surface area contributed by atoms with E-state index in [-0.39, 0.29) is 36.3 Å². The predicted molar refractivity (Wildman–Crippen MR) is 137 cm³/mol. The van der Waals surface area contributed by atoms with Gasteiger partial charge in [-0.25, -0.2) is 0 Å². The average molecular weight is 498 g/mol. The third-order valence-electron chi connectivity index (χ3n) is 5.87. The van der Waals surface area contributed by atoms with Crippen molar-refractivity contribution in [1.29, 1.82) is 0 Å². The van der Waals surface area contributed by atoms with E-state index in [9.17, 15) is 9.59 Å². The minimum absolute atomic E-state index is 0.0249. The summed E-state index contributed by atoms with van der Waals surface area (Å²) in [4.78, 5) is 28.6. The van der Waals surface area contributed by atoms with Crippen LogP contribution in [0.3, 0.4) is 0 Å². The number of ether oxygens (including phenoxy) is 3. The van der Waals surface area contributed by atoms with Gasteiger partial charge in [-0.3, -0.25) is 9.59 Å². The fourth-order valence-corrected chi connectivity index (χ4v) is 5.22. The van der Waals surface area contributed by atoms with Crippen molar-refractivity contribution in [2.75, 3.05) is 38.4 Å². The Balaban J connectivity index is 1.46. The van der Waals surface area contributed by atoms with E-state index >= 15 is 0 Å². The molecule has 0 unspecified atom stereocenters. The van der Waals surface area contributed by atoms with Gasteiger partial charge in [-0.05, 0) is 32.0 Å². The van der Waals surface area contributed by atoms with Crippen molar-refractivity contribution >= 4 is 40.2 Å². The Morgan fingerprint density at radius 3 is 2.54 bits per heavy atom. The van der Waals surface area contributed by atoms with E-state index < -0.39 is 0 Å². The number of amides is 2. The zero-order chi connectivity index (χ0) is 24.9. The van der Waals surface area contributed by atoms with E-state index in [1.807, 2.05) is 53.8 Å². The van der Waals surface area contributed by atoms with Gasteiger partial charge in [0.1, 0.15) is 18.0 Å². The largest absolute Gasteiger partial charge is 0.497 e. The molecule has 1 aromatic heterocycles. The quantitative estimate of drug-likeness (QED) is 0.474. The lowest BCUT2D eigenvalue weighted by Crippen LogP contribution is -2.49. The standard InChI is InChI=1S/C26H31N3O5S/c1-17-12-29(13-18(2)34-17)26(31)15-28-14-24(20-7-5-6-8-22(20)28)35-16-25(30)27-21-11-19(32-3)9-10-23(21)33-4/h5-11,14,17-18H,12-13,15-16H2,1-4H3,(H,27,30)/t17-,18+. The fourth-order valence-electron chi connectivity index (χ4n) is 4.33. The number of carbonyl (C=O) groups excluding carboxylic acids is 2. The number of para-hydroxylation sites is 1. The third-order valence-corrected chi connectivity index (χ3v) is 6.91. The van der Waals surface area contributed by atoms with Crippen molar-refractivity contribution in [3.8, 4) is 11.5 Å². The molecule has 1 fully saturated rings. The topological polar surface area (TPSA) is 82.0 Å². The van der Waals surface area contributed by atoms with E-state index in [0.29, 0.717) is 30.3 Å². The zero-order valence-corrected chi connectivity index (χ0v) is 21.3. The van der Waals surface area contributed by atoms with Gasteiger partial charge in [0.15, 0.2) is 0 Å². The summed E-state index contributed by atoms with van der Waals surface area (Å²) in [6.45, 7) is 5.41. The number of hydrogen-bond donors (Lipinski definition) is 1. The van der Waals surface area contributed by atoms with Gasteiger partial charge < -0.3 is 29.0 Å². The number of hydrogen-bond acceptors (Lipinski definition) is 6. The Morgan fingerprint density at radius 1 is 1.09 bits per heavy atom. The highest BCUT2D eigenvalue weighted by molar-refractivity contribution is 8.00. The second kappa shape index (κ2) is 11.0. The van der Waals surface area contributed by atoms with E-state index in [4.69, 9.17) is 14.2 Å². The third kappa shape index (κ3) is 5.91. The van der Waals surface area contributed by atoms with Crippen LogP contribution < -0.4 is 14.8 Å². The van der Waals surface area contributed by atoms with Gasteiger partial charge in [0.25, 0.3) is 0 Å². The molecule has 0 saturated carbocycles. The van der Waals surface area contributed by atoms with Gasteiger partial charge in [-0.15, -0.1) is 11.8 Å². The number of methoxy groups -OCH3 is 2. The van der Waals surface area contributed by atoms with Crippen LogP contribution in [0.5, 0.6) is 11.5 Å². The van der Waals surface area contributed by atoms with Crippen LogP contribution in [0.2, 0.25) is 0 Å². The van der Waals surface area contributed by atoms with Crippen molar-refractivity contribution in [2.24, 2.45) is 0 Å². The average Bonchev–Trinajstić information content (AvgIpc) is 3.19. The molecule has 0 bridgehead atoms. The molecule has 1 aliphatic heterocycles. The number of rotatable bonds is 8. The van der Waals surface area contributed by atoms with Crippen LogP contribution in [0.15, 0.2) is 53.6 Å². The van der Waals surface area contributed by atoms with Crippen LogP contribution in [-0.2, 0) is 20.9 Å². The van der Waals surface area contributed by atoms with E-state index in [2.05, 4.69) is 5.32 Å². The molecule has 2 heterocycles. The molecule has 0 radical (unpaired) electrons. The smallest absolute Gasteiger partial charge is 0.242 e. The lowest BCUT2D eigenvalue weighted by Gasteiger charge is -2.35. The Kier molecular flexibility index (Phi) is 7.87. The molecule has 0 spiro atoms. The molecule has 1 aliphatic rings. The number of nitrogens with one attached hydrogen (secondary N) is 1. The van der Waals surface area contributed by atoms with Gasteiger partial charge in [0.05, 0.1) is 37.9 Å². The molecule has 0 aliphatic carbocycles. The number of benzene rings is 2. The molecule has 2 amide bonds. The lowest BCUT2D eigenvalue weighted by molar-refractivity contribution is -0.143. The van der Waals surface area contributed by atoms with Crippen molar-refractivity contribution in [3.05, 3.63) is 48.7 Å². The molecule has 1 saturated heterocycles. The van der Waals surface area contributed by atoms with E-state index in [1.54, 1.807) is 32.4 Å². The number of morpholine rings is 1. The van der Waals surface area contributed by atoms with Crippen molar-refractivity contribution in [2.45, 2.75) is 37.5 Å². The monoisotopic (exact) mass is 497 g/mol. The molecule has 2 atom stereocenters. The summed E-state index contributed by atoms with van der Waals surface area (Å²) in [5.74, 6) is 1.30. The second-order valence-corrected chi connectivity index (χ2v) is 9.61. The van der Waals surface area contributed by atoms with Crippen LogP contribution >= 0.6 is 11.8 Å². The maximum absolute atomic E-state index is 13.1. The lowest BCUT2D eigenvalue weighted by atomic mass is 10.2. The maximum atomic E-state index is 13.1. The maximum Gasteiger partial charge on any atom is 0.242 e. The first-order chi connectivity index (χ1) is 16.9. The van der Waals surface area contributed by atoms with Crippen LogP contribution in [0.25, 0.3) is 10.9 Å². The molecule has 35 heavy (non-hydrogen) atoms. The van der Waals surface area contributed by atoms with Crippen LogP contribution in [0, 0.1) is 0 Å². The SMILES string of the molecule is COc1ccc(OC)c(NC(=O)CSc2cn(CC(=O)N3C[C@@H](C)O[C@@H](C)C3)c3ccccc23)c1. The highest BCUT2D eigenvalue weighted by atomic mass is 32.2. The summed E-state index contributed by atoms with van der Waals surface area (Å²) in [6, 6.07) is 13.2. The molecule has 8 nitrogen and oxygen atoms in total. The fraction of sp³-hybridized carbons (Fsp3) is 0.385. The van der Waals surface area contributed by atoms with Gasteiger partial charge in [-0.1, -0.05) is 18.2 Å². The molecule has 2 aromatic carbocycles. The Labute approximate surface area is 209 Å². The molecule has 1 N–H and O–H groups in total. The molecule has 186 valence electrons. The molecule has 9 heteroatoms. The molecule has 3 aromatic rings. The minimum atomic E-state index is -0.161. The number of nitrogens with zero attached hydrogens (tertiary/aromatic N) is 2. The van der Waals surface area contributed by atoms with Crippen LogP contribution in [-0.4, -0.2) is 66.6 Å². The Hall–Kier alpha value is -3.17. The molecule has 4 rings (SSSR count). The Morgan fingerprint density at radius 2 is 1.83 bits per heavy atom. The van der Waals surface area contributed by atoms with Gasteiger partial charge in [0.2, 0.25) is 11.8 Å². The normalized spacial score (nSPS) is 17.9. The number of thioether (sulfide) groups is 1. The van der Waals surface area contributed by atoms with Crippen molar-refractivity contribution in [3.63, 3.8) is 0 Å². The number of aromatic nitrogens is 1. The summed E-state index contributed by atoms with van der Waals surface area (Å²) >= 11 is 1.44. The number of carbonyl (C=O) groups is 2. The van der Waals surface area contributed by atoms with Gasteiger partial charge >= 0.3 is 0 Å². The molecular formula is C26H31N3O5S. The summed E-state index contributed by atoms with van der Waals surface area (Å²) in [7, 11) is 3.13. The van der Waals surface area contributed by atoms with Gasteiger partial charge in [-0.2, -0.15) is 0 Å². The van der Waals surface area contributed by atoms with Crippen molar-refractivity contribution in [1.82, 2.24) is 9.47 Å². The summed E-state index contributed by atoms with van der Waals surface area (Å²) < 4.78 is 18.3. The Bertz CT molecular complexity index is 1200. The second-order valence-electron chi connectivity index (χ2n) is 8.60. The predicted octanol–water partition coefficient (Wildman–Crippen LogP) is 4.03. The zero-order valence-electron chi connectivity index (χ0n) is 20.4. The first-order valence-electron chi connectivity index (χ1n) is 11.5. The van der Waals surface area contributed by atoms with Crippen molar-refractivity contribution < 1.29 is 23.8 Å². The van der Waals surface area contributed by atoms with E-state index in [1.165, 1.54) is 11.8 Å². The minimum Gasteiger partial charge on any atom is -0.497 e. The van der Waals surface area contributed by atoms with E-state index in [0.717, 1.165) is 15.8 Å². The first-order valence-corrected chi connectivity index (χ1v) is 12.5. The summed E-state index contributed by atoms with van der Waals surface area (Å²) in [5.41, 5.74) is 1.52. The highest BCUT2D eigenvalue weighted by Gasteiger charge is 2.26. The highest BCUT2D eigenvalue weighted by Crippen LogP contribution is 2.32. The van der Waals surface area contributed by atoms with Crippen LogP contribution in [0.1, 0.15) is 13.8 Å². The summed E-state index contributed by atoms with van der Waals surface area (Å²) in [5, 5.41) is 3.92. The number of anilines is 1. The number of fused-ring (bicyclic) bond motifs is 1. The molecular weight excluding hydrogens is 466 g/mol. The summed E-state index contributed by atoms with van der Waals surface area (Å²) in [6.07, 6.45) is 2.01. The van der Waals surface area contributed by atoms with Gasteiger partial charge in [0, 0.05) is 41.2 Å². The first kappa shape index (κ1) is 24.9.